The molecular formula is C8H12BrN3OS. The van der Waals surface area contributed by atoms with Crippen molar-refractivity contribution in [1.29, 1.82) is 0 Å². The largest absolute Gasteiger partial charge is 0.395 e. The van der Waals surface area contributed by atoms with Gasteiger partial charge < -0.3 is 10.8 Å². The summed E-state index contributed by atoms with van der Waals surface area (Å²) in [4.78, 5) is 7.95. The van der Waals surface area contributed by atoms with Crippen LogP contribution in [0.1, 0.15) is 13.8 Å². The fraction of sp³-hybridized carbons (Fsp3) is 0.500. The minimum absolute atomic E-state index is 0.0825. The Hall–Kier alpha value is -0.330. The van der Waals surface area contributed by atoms with Gasteiger partial charge in [-0.3, -0.25) is 0 Å². The smallest absolute Gasteiger partial charge is 0.222 e. The number of aliphatic hydroxyl groups is 1. The van der Waals surface area contributed by atoms with E-state index in [1.165, 1.54) is 11.8 Å². The summed E-state index contributed by atoms with van der Waals surface area (Å²) in [6.45, 7) is 3.95. The summed E-state index contributed by atoms with van der Waals surface area (Å²) in [6.07, 6.45) is 0. The van der Waals surface area contributed by atoms with E-state index >= 15 is 0 Å². The van der Waals surface area contributed by atoms with Crippen molar-refractivity contribution in [2.45, 2.75) is 23.6 Å². The molecule has 0 spiro atoms. The van der Waals surface area contributed by atoms with Crippen LogP contribution < -0.4 is 5.73 Å². The number of hydrogen-bond acceptors (Lipinski definition) is 5. The lowest BCUT2D eigenvalue weighted by molar-refractivity contribution is 0.265. The monoisotopic (exact) mass is 277 g/mol. The molecule has 0 fully saturated rings. The topological polar surface area (TPSA) is 72.0 Å². The molecule has 14 heavy (non-hydrogen) atoms. The fourth-order valence-electron chi connectivity index (χ4n) is 0.781. The molecule has 0 aliphatic heterocycles. The Kier molecular flexibility index (Phi) is 3.74. The van der Waals surface area contributed by atoms with Crippen LogP contribution in [-0.2, 0) is 0 Å². The Labute approximate surface area is 95.5 Å². The number of nitrogens with zero attached hydrogens (tertiary/aromatic N) is 2. The number of aliphatic hydroxyl groups excluding tert-OH is 1. The molecule has 0 radical (unpaired) electrons. The minimum Gasteiger partial charge on any atom is -0.395 e. The van der Waals surface area contributed by atoms with Crippen molar-refractivity contribution in [1.82, 2.24) is 9.97 Å². The predicted molar refractivity (Wildman–Crippen MR) is 61.2 cm³/mol. The summed E-state index contributed by atoms with van der Waals surface area (Å²) in [6, 6.07) is 1.78. The molecule has 1 aromatic rings. The van der Waals surface area contributed by atoms with Crippen molar-refractivity contribution in [3.8, 4) is 0 Å². The van der Waals surface area contributed by atoms with E-state index in [-0.39, 0.29) is 17.3 Å². The minimum atomic E-state index is -0.264. The maximum absolute atomic E-state index is 9.09. The zero-order valence-corrected chi connectivity index (χ0v) is 10.4. The normalized spacial score (nSPS) is 11.7. The van der Waals surface area contributed by atoms with Crippen molar-refractivity contribution in [2.75, 3.05) is 12.3 Å². The number of nitrogens with two attached hydrogens (primary N) is 1. The molecule has 0 atom stereocenters. The van der Waals surface area contributed by atoms with Crippen molar-refractivity contribution in [3.63, 3.8) is 0 Å². The predicted octanol–water partition coefficient (Wildman–Crippen LogP) is 1.68. The van der Waals surface area contributed by atoms with Crippen LogP contribution in [0, 0.1) is 0 Å². The van der Waals surface area contributed by atoms with Crippen molar-refractivity contribution in [2.24, 2.45) is 0 Å². The van der Waals surface area contributed by atoms with E-state index in [0.717, 1.165) is 5.03 Å². The Morgan fingerprint density at radius 3 is 2.71 bits per heavy atom. The van der Waals surface area contributed by atoms with Crippen LogP contribution >= 0.6 is 27.7 Å². The summed E-state index contributed by atoms with van der Waals surface area (Å²) in [5, 5.41) is 9.84. The molecule has 0 bridgehead atoms. The lowest BCUT2D eigenvalue weighted by atomic mass is 10.2. The number of hydrogen-bond donors (Lipinski definition) is 2. The SMILES string of the molecule is CC(C)(CO)Sc1cc(Br)nc(N)n1. The summed E-state index contributed by atoms with van der Waals surface area (Å²) in [5.74, 6) is 0.232. The van der Waals surface area contributed by atoms with Gasteiger partial charge in [0, 0.05) is 10.8 Å². The summed E-state index contributed by atoms with van der Waals surface area (Å²) >= 11 is 4.70. The van der Waals surface area contributed by atoms with E-state index in [0.29, 0.717) is 4.60 Å². The molecule has 0 saturated heterocycles. The van der Waals surface area contributed by atoms with Gasteiger partial charge in [0.1, 0.15) is 9.63 Å². The van der Waals surface area contributed by atoms with Crippen LogP contribution in [0.5, 0.6) is 0 Å². The first kappa shape index (κ1) is 11.7. The molecule has 3 N–H and O–H groups in total. The van der Waals surface area contributed by atoms with Gasteiger partial charge in [-0.2, -0.15) is 0 Å². The summed E-state index contributed by atoms with van der Waals surface area (Å²) < 4.78 is 0.390. The third kappa shape index (κ3) is 3.43. The van der Waals surface area contributed by atoms with Crippen LogP contribution in [0.2, 0.25) is 0 Å². The molecule has 1 aromatic heterocycles. The highest BCUT2D eigenvalue weighted by Gasteiger charge is 2.19. The Bertz CT molecular complexity index is 312. The number of anilines is 1. The zero-order valence-electron chi connectivity index (χ0n) is 7.99. The van der Waals surface area contributed by atoms with Crippen LogP contribution in [0.4, 0.5) is 5.95 Å². The van der Waals surface area contributed by atoms with Crippen LogP contribution in [0.15, 0.2) is 15.7 Å². The number of nitrogen functional groups attached to an aromatic ring is 1. The van der Waals surface area contributed by atoms with E-state index in [9.17, 15) is 0 Å². The van der Waals surface area contributed by atoms with Gasteiger partial charge in [-0.25, -0.2) is 9.97 Å². The first-order valence-electron chi connectivity index (χ1n) is 4.03. The van der Waals surface area contributed by atoms with E-state index in [2.05, 4.69) is 25.9 Å². The van der Waals surface area contributed by atoms with Crippen molar-refractivity contribution in [3.05, 3.63) is 10.7 Å². The van der Waals surface area contributed by atoms with Crippen molar-refractivity contribution < 1.29 is 5.11 Å². The Morgan fingerprint density at radius 2 is 2.21 bits per heavy atom. The average Bonchev–Trinajstić information content (AvgIpc) is 2.01. The second kappa shape index (κ2) is 4.46. The van der Waals surface area contributed by atoms with Gasteiger partial charge in [0.05, 0.1) is 6.61 Å². The van der Waals surface area contributed by atoms with Gasteiger partial charge in [-0.15, -0.1) is 0 Å². The quantitative estimate of drug-likeness (QED) is 0.650. The highest BCUT2D eigenvalue weighted by molar-refractivity contribution is 9.10. The lowest BCUT2D eigenvalue weighted by Gasteiger charge is -2.19. The zero-order chi connectivity index (χ0) is 10.8. The third-order valence-electron chi connectivity index (χ3n) is 1.45. The van der Waals surface area contributed by atoms with E-state index in [4.69, 9.17) is 10.8 Å². The number of thioether (sulfide) groups is 1. The number of halogens is 1. The number of rotatable bonds is 3. The highest BCUT2D eigenvalue weighted by Crippen LogP contribution is 2.31. The molecule has 6 heteroatoms. The van der Waals surface area contributed by atoms with Crippen LogP contribution in [-0.4, -0.2) is 26.4 Å². The molecule has 0 saturated carbocycles. The molecule has 0 amide bonds. The van der Waals surface area contributed by atoms with Gasteiger partial charge in [-0.05, 0) is 29.8 Å². The van der Waals surface area contributed by atoms with Gasteiger partial charge >= 0.3 is 0 Å². The molecule has 0 aliphatic rings. The lowest BCUT2D eigenvalue weighted by Crippen LogP contribution is -2.20. The van der Waals surface area contributed by atoms with E-state index in [1.54, 1.807) is 6.07 Å². The second-order valence-corrected chi connectivity index (χ2v) is 5.95. The standard InChI is InChI=1S/C8H12BrN3OS/c1-8(2,4-13)14-6-3-5(9)11-7(10)12-6/h3,13H,4H2,1-2H3,(H2,10,11,12). The third-order valence-corrected chi connectivity index (χ3v) is 2.96. The molecule has 1 heterocycles. The highest BCUT2D eigenvalue weighted by atomic mass is 79.9. The molecule has 0 unspecified atom stereocenters. The van der Waals surface area contributed by atoms with Gasteiger partial charge in [0.25, 0.3) is 0 Å². The maximum Gasteiger partial charge on any atom is 0.222 e. The van der Waals surface area contributed by atoms with E-state index in [1.807, 2.05) is 13.8 Å². The van der Waals surface area contributed by atoms with Crippen LogP contribution in [0.3, 0.4) is 0 Å². The first-order valence-corrected chi connectivity index (χ1v) is 5.64. The van der Waals surface area contributed by atoms with Gasteiger partial charge in [0.15, 0.2) is 0 Å². The summed E-state index contributed by atoms with van der Waals surface area (Å²) in [5.41, 5.74) is 5.49. The Morgan fingerprint density at radius 1 is 1.57 bits per heavy atom. The summed E-state index contributed by atoms with van der Waals surface area (Å²) in [7, 11) is 0. The molecule has 4 nitrogen and oxygen atoms in total. The molecule has 0 aliphatic carbocycles. The van der Waals surface area contributed by atoms with Gasteiger partial charge in [-0.1, -0.05) is 11.8 Å². The van der Waals surface area contributed by atoms with Gasteiger partial charge in [0.2, 0.25) is 5.95 Å². The van der Waals surface area contributed by atoms with E-state index < -0.39 is 0 Å². The first-order chi connectivity index (χ1) is 6.43. The molecular weight excluding hydrogens is 266 g/mol. The molecule has 1 rings (SSSR count). The van der Waals surface area contributed by atoms with Crippen molar-refractivity contribution >= 4 is 33.6 Å². The Balaban J connectivity index is 2.87. The second-order valence-electron chi connectivity index (χ2n) is 3.41. The average molecular weight is 278 g/mol. The molecule has 0 aromatic carbocycles. The fourth-order valence-corrected chi connectivity index (χ4v) is 2.27. The van der Waals surface area contributed by atoms with Crippen LogP contribution in [0.25, 0.3) is 0 Å². The molecule has 78 valence electrons. The number of aromatic nitrogens is 2. The maximum atomic E-state index is 9.09.